The Balaban J connectivity index is 3.77. The van der Waals surface area contributed by atoms with E-state index in [0.717, 1.165) is 38.5 Å². The molecular weight excluding hydrogens is 388 g/mol. The zero-order valence-electron chi connectivity index (χ0n) is 21.1. The molecule has 4 nitrogen and oxygen atoms in total. The van der Waals surface area contributed by atoms with Crippen LogP contribution in [0.5, 0.6) is 0 Å². The number of carbonyl (C=O) groups is 2. The van der Waals surface area contributed by atoms with Gasteiger partial charge in [0.25, 0.3) is 0 Å². The Morgan fingerprint density at radius 1 is 0.548 bits per heavy atom. The molecule has 0 heterocycles. The zero-order chi connectivity index (χ0) is 23.0. The maximum atomic E-state index is 12.1. The number of carbonyl (C=O) groups excluding carboxylic acids is 2. The van der Waals surface area contributed by atoms with Crippen LogP contribution in [0.4, 0.5) is 0 Å². The predicted molar refractivity (Wildman–Crippen MR) is 130 cm³/mol. The highest BCUT2D eigenvalue weighted by molar-refractivity contribution is 5.70. The smallest absolute Gasteiger partial charge is 0.306 e. The van der Waals surface area contributed by atoms with E-state index in [2.05, 4.69) is 20.8 Å². The monoisotopic (exact) mass is 440 g/mol. The van der Waals surface area contributed by atoms with Crippen LogP contribution in [0.1, 0.15) is 149 Å². The lowest BCUT2D eigenvalue weighted by atomic mass is 10.1. The molecule has 31 heavy (non-hydrogen) atoms. The van der Waals surface area contributed by atoms with Crippen molar-refractivity contribution in [3.63, 3.8) is 0 Å². The van der Waals surface area contributed by atoms with Crippen molar-refractivity contribution in [2.75, 3.05) is 6.61 Å². The number of ether oxygens (including phenoxy) is 2. The van der Waals surface area contributed by atoms with E-state index in [1.54, 1.807) is 0 Å². The number of unbranched alkanes of at least 4 members (excludes halogenated alkanes) is 14. The van der Waals surface area contributed by atoms with E-state index in [1.165, 1.54) is 77.0 Å². The van der Waals surface area contributed by atoms with Crippen LogP contribution in [0.15, 0.2) is 0 Å². The van der Waals surface area contributed by atoms with E-state index in [0.29, 0.717) is 12.8 Å². The van der Waals surface area contributed by atoms with Gasteiger partial charge >= 0.3 is 11.9 Å². The fourth-order valence-corrected chi connectivity index (χ4v) is 3.81. The quantitative estimate of drug-likeness (QED) is 0.118. The van der Waals surface area contributed by atoms with Crippen molar-refractivity contribution >= 4 is 11.9 Å². The third-order valence-corrected chi connectivity index (χ3v) is 5.81. The SMILES string of the molecule is CCCCCCCCCCCC(=O)OC(CCC)COC(=O)CCCCCCCCC. The molecule has 0 aliphatic carbocycles. The fourth-order valence-electron chi connectivity index (χ4n) is 3.81. The van der Waals surface area contributed by atoms with Gasteiger partial charge in [-0.2, -0.15) is 0 Å². The van der Waals surface area contributed by atoms with Gasteiger partial charge in [0.1, 0.15) is 12.7 Å². The molecule has 0 saturated heterocycles. The molecule has 0 bridgehead atoms. The second-order valence-electron chi connectivity index (χ2n) is 9.03. The van der Waals surface area contributed by atoms with E-state index < -0.39 is 0 Å². The van der Waals surface area contributed by atoms with Crippen LogP contribution in [0.2, 0.25) is 0 Å². The lowest BCUT2D eigenvalue weighted by Gasteiger charge is -2.17. The molecule has 0 aliphatic rings. The van der Waals surface area contributed by atoms with Gasteiger partial charge in [-0.25, -0.2) is 0 Å². The van der Waals surface area contributed by atoms with Crippen LogP contribution in [0, 0.1) is 0 Å². The maximum Gasteiger partial charge on any atom is 0.306 e. The first-order chi connectivity index (χ1) is 15.1. The van der Waals surface area contributed by atoms with E-state index in [-0.39, 0.29) is 24.6 Å². The fraction of sp³-hybridized carbons (Fsp3) is 0.926. The summed E-state index contributed by atoms with van der Waals surface area (Å²) < 4.78 is 11.0. The van der Waals surface area contributed by atoms with Gasteiger partial charge in [-0.3, -0.25) is 9.59 Å². The van der Waals surface area contributed by atoms with E-state index in [4.69, 9.17) is 9.47 Å². The van der Waals surface area contributed by atoms with Crippen molar-refractivity contribution in [3.05, 3.63) is 0 Å². The Labute approximate surface area is 193 Å². The van der Waals surface area contributed by atoms with Crippen molar-refractivity contribution in [3.8, 4) is 0 Å². The summed E-state index contributed by atoms with van der Waals surface area (Å²) in [5.74, 6) is -0.311. The standard InChI is InChI=1S/C27H52O4/c1-4-7-9-11-13-14-16-18-20-23-27(29)31-25(21-6-3)24-30-26(28)22-19-17-15-12-10-8-5-2/h25H,4-24H2,1-3H3. The van der Waals surface area contributed by atoms with Gasteiger partial charge < -0.3 is 9.47 Å². The van der Waals surface area contributed by atoms with Crippen LogP contribution in [0.3, 0.4) is 0 Å². The van der Waals surface area contributed by atoms with Crippen molar-refractivity contribution in [2.24, 2.45) is 0 Å². The normalized spacial score (nSPS) is 12.0. The Kier molecular flexibility index (Phi) is 22.8. The highest BCUT2D eigenvalue weighted by atomic mass is 16.6. The number of hydrogen-bond donors (Lipinski definition) is 0. The third kappa shape index (κ3) is 21.9. The molecule has 1 atom stereocenters. The largest absolute Gasteiger partial charge is 0.462 e. The topological polar surface area (TPSA) is 52.6 Å². The molecule has 0 aliphatic heterocycles. The van der Waals surface area contributed by atoms with Crippen molar-refractivity contribution < 1.29 is 19.1 Å². The van der Waals surface area contributed by atoms with Gasteiger partial charge in [0.05, 0.1) is 0 Å². The van der Waals surface area contributed by atoms with Gasteiger partial charge in [-0.05, 0) is 19.3 Å². The summed E-state index contributed by atoms with van der Waals surface area (Å²) in [5.41, 5.74) is 0. The Morgan fingerprint density at radius 3 is 1.42 bits per heavy atom. The lowest BCUT2D eigenvalue weighted by Crippen LogP contribution is -2.25. The van der Waals surface area contributed by atoms with E-state index in [9.17, 15) is 9.59 Å². The number of esters is 2. The second-order valence-corrected chi connectivity index (χ2v) is 9.03. The molecule has 4 heteroatoms. The van der Waals surface area contributed by atoms with Gasteiger partial charge in [-0.1, -0.05) is 117 Å². The molecule has 184 valence electrons. The molecule has 0 saturated carbocycles. The van der Waals surface area contributed by atoms with Gasteiger partial charge in [0, 0.05) is 12.8 Å². The molecule has 0 fully saturated rings. The molecule has 0 aromatic heterocycles. The minimum Gasteiger partial charge on any atom is -0.462 e. The molecule has 0 N–H and O–H groups in total. The van der Waals surface area contributed by atoms with Crippen LogP contribution >= 0.6 is 0 Å². The minimum atomic E-state index is -0.297. The molecule has 0 aromatic carbocycles. The summed E-state index contributed by atoms with van der Waals surface area (Å²) >= 11 is 0. The molecule has 0 radical (unpaired) electrons. The Hall–Kier alpha value is -1.06. The number of rotatable bonds is 23. The second kappa shape index (κ2) is 23.6. The summed E-state index contributed by atoms with van der Waals surface area (Å²) in [6.07, 6.45) is 21.7. The van der Waals surface area contributed by atoms with Crippen LogP contribution < -0.4 is 0 Å². The van der Waals surface area contributed by atoms with E-state index in [1.807, 2.05) is 0 Å². The van der Waals surface area contributed by atoms with Crippen molar-refractivity contribution in [1.82, 2.24) is 0 Å². The van der Waals surface area contributed by atoms with Gasteiger partial charge in [0.2, 0.25) is 0 Å². The van der Waals surface area contributed by atoms with Gasteiger partial charge in [-0.15, -0.1) is 0 Å². The summed E-state index contributed by atoms with van der Waals surface area (Å²) in [7, 11) is 0. The average molecular weight is 441 g/mol. The Morgan fingerprint density at radius 2 is 0.968 bits per heavy atom. The highest BCUT2D eigenvalue weighted by Crippen LogP contribution is 2.13. The Bertz CT molecular complexity index is 408. The first kappa shape index (κ1) is 29.9. The van der Waals surface area contributed by atoms with E-state index >= 15 is 0 Å². The molecular formula is C27H52O4. The minimum absolute atomic E-state index is 0.149. The molecule has 0 spiro atoms. The van der Waals surface area contributed by atoms with Crippen LogP contribution in [0.25, 0.3) is 0 Å². The van der Waals surface area contributed by atoms with Crippen molar-refractivity contribution in [2.45, 2.75) is 155 Å². The summed E-state index contributed by atoms with van der Waals surface area (Å²) in [6, 6.07) is 0. The molecule has 0 rings (SSSR count). The molecule has 1 unspecified atom stereocenters. The predicted octanol–water partition coefficient (Wildman–Crippen LogP) is 8.30. The van der Waals surface area contributed by atoms with Crippen LogP contribution in [-0.2, 0) is 19.1 Å². The molecule has 0 amide bonds. The number of hydrogen-bond acceptors (Lipinski definition) is 4. The van der Waals surface area contributed by atoms with Gasteiger partial charge in [0.15, 0.2) is 0 Å². The zero-order valence-corrected chi connectivity index (χ0v) is 21.1. The van der Waals surface area contributed by atoms with Crippen LogP contribution in [-0.4, -0.2) is 24.6 Å². The average Bonchev–Trinajstić information content (AvgIpc) is 2.76. The molecule has 0 aromatic rings. The van der Waals surface area contributed by atoms with Crippen molar-refractivity contribution in [1.29, 1.82) is 0 Å². The maximum absolute atomic E-state index is 12.1. The third-order valence-electron chi connectivity index (χ3n) is 5.81. The first-order valence-corrected chi connectivity index (χ1v) is 13.5. The summed E-state index contributed by atoms with van der Waals surface area (Å²) in [4.78, 5) is 24.1. The first-order valence-electron chi connectivity index (χ1n) is 13.5. The lowest BCUT2D eigenvalue weighted by molar-refractivity contribution is -0.159. The highest BCUT2D eigenvalue weighted by Gasteiger charge is 2.16. The summed E-state index contributed by atoms with van der Waals surface area (Å²) in [6.45, 7) is 6.72. The summed E-state index contributed by atoms with van der Waals surface area (Å²) in [5, 5.41) is 0.